The number of fused-ring (bicyclic) bond motifs is 1. The molecule has 0 aromatic carbocycles. The molecule has 1 aromatic heterocycles. The zero-order valence-corrected chi connectivity index (χ0v) is 12.4. The van der Waals surface area contributed by atoms with Gasteiger partial charge in [0.1, 0.15) is 11.6 Å². The fourth-order valence-electron chi connectivity index (χ4n) is 3.62. The summed E-state index contributed by atoms with van der Waals surface area (Å²) in [5, 5.41) is 11.8. The molecule has 3 heterocycles. The van der Waals surface area contributed by atoms with Gasteiger partial charge in [0.05, 0.1) is 5.92 Å². The molecule has 3 rings (SSSR count). The molecule has 0 radical (unpaired) electrons. The molecule has 0 saturated carbocycles. The van der Waals surface area contributed by atoms with E-state index in [1.165, 1.54) is 0 Å². The first-order chi connectivity index (χ1) is 9.84. The van der Waals surface area contributed by atoms with E-state index in [0.717, 1.165) is 25.3 Å². The van der Waals surface area contributed by atoms with Crippen molar-refractivity contribution in [1.82, 2.24) is 20.1 Å². The number of rotatable bonds is 2. The maximum absolute atomic E-state index is 13.0. The Morgan fingerprint density at radius 3 is 2.67 bits per heavy atom. The van der Waals surface area contributed by atoms with E-state index in [1.54, 1.807) is 4.57 Å². The van der Waals surface area contributed by atoms with E-state index in [4.69, 9.17) is 0 Å². The van der Waals surface area contributed by atoms with E-state index in [0.29, 0.717) is 18.2 Å². The normalized spacial score (nSPS) is 29.9. The van der Waals surface area contributed by atoms with Crippen LogP contribution in [0.4, 0.5) is 13.2 Å². The standard InChI is InChI=1S/C14H21F3N4/c1-9(2)13(5-6-18-8-13)12-20-19-11-4-3-10(7-21(11)12)14(15,16)17/h9-10,18H,3-8H2,1-2H3. The number of alkyl halides is 3. The molecule has 1 N–H and O–H groups in total. The fourth-order valence-corrected chi connectivity index (χ4v) is 3.62. The van der Waals surface area contributed by atoms with Crippen LogP contribution in [0.5, 0.6) is 0 Å². The molecular weight excluding hydrogens is 281 g/mol. The molecule has 1 saturated heterocycles. The monoisotopic (exact) mass is 302 g/mol. The molecule has 4 nitrogen and oxygen atoms in total. The van der Waals surface area contributed by atoms with Crippen molar-refractivity contribution < 1.29 is 13.2 Å². The molecule has 2 atom stereocenters. The van der Waals surface area contributed by atoms with Gasteiger partial charge >= 0.3 is 6.18 Å². The molecule has 118 valence electrons. The van der Waals surface area contributed by atoms with E-state index >= 15 is 0 Å². The van der Waals surface area contributed by atoms with Crippen molar-refractivity contribution in [3.8, 4) is 0 Å². The van der Waals surface area contributed by atoms with Crippen LogP contribution in [0.25, 0.3) is 0 Å². The molecule has 2 unspecified atom stereocenters. The topological polar surface area (TPSA) is 42.7 Å². The predicted octanol–water partition coefficient (Wildman–Crippen LogP) is 2.29. The van der Waals surface area contributed by atoms with Crippen molar-refractivity contribution >= 4 is 0 Å². The predicted molar refractivity (Wildman–Crippen MR) is 71.9 cm³/mol. The third-order valence-electron chi connectivity index (χ3n) is 5.15. The van der Waals surface area contributed by atoms with Gasteiger partial charge in [0.15, 0.2) is 0 Å². The number of nitrogens with one attached hydrogen (secondary N) is 1. The van der Waals surface area contributed by atoms with Gasteiger partial charge in [0.25, 0.3) is 0 Å². The Labute approximate surface area is 122 Å². The smallest absolute Gasteiger partial charge is 0.316 e. The Morgan fingerprint density at radius 2 is 2.10 bits per heavy atom. The molecule has 0 bridgehead atoms. The summed E-state index contributed by atoms with van der Waals surface area (Å²) in [5.41, 5.74) is -0.196. The van der Waals surface area contributed by atoms with Gasteiger partial charge in [0, 0.05) is 24.9 Å². The van der Waals surface area contributed by atoms with Crippen LogP contribution in [0.1, 0.15) is 38.3 Å². The molecule has 2 aliphatic heterocycles. The van der Waals surface area contributed by atoms with E-state index in [-0.39, 0.29) is 18.4 Å². The minimum Gasteiger partial charge on any atom is -0.316 e. The molecule has 1 aromatic rings. The van der Waals surface area contributed by atoms with E-state index < -0.39 is 12.1 Å². The van der Waals surface area contributed by atoms with E-state index in [9.17, 15) is 13.2 Å². The van der Waals surface area contributed by atoms with Crippen molar-refractivity contribution in [3.05, 3.63) is 11.6 Å². The first-order valence-electron chi connectivity index (χ1n) is 7.54. The van der Waals surface area contributed by atoms with Gasteiger partial charge in [-0.25, -0.2) is 0 Å². The highest BCUT2D eigenvalue weighted by Crippen LogP contribution is 2.40. The lowest BCUT2D eigenvalue weighted by molar-refractivity contribution is -0.182. The Balaban J connectivity index is 1.98. The molecule has 21 heavy (non-hydrogen) atoms. The summed E-state index contributed by atoms with van der Waals surface area (Å²) in [4.78, 5) is 0. The summed E-state index contributed by atoms with van der Waals surface area (Å²) in [7, 11) is 0. The number of hydrogen-bond acceptors (Lipinski definition) is 3. The lowest BCUT2D eigenvalue weighted by Crippen LogP contribution is -2.40. The van der Waals surface area contributed by atoms with Gasteiger partial charge in [-0.15, -0.1) is 10.2 Å². The summed E-state index contributed by atoms with van der Waals surface area (Å²) in [6, 6.07) is 0. The summed E-state index contributed by atoms with van der Waals surface area (Å²) in [5.74, 6) is 0.481. The van der Waals surface area contributed by atoms with Crippen LogP contribution in [0, 0.1) is 11.8 Å². The number of nitrogens with zero attached hydrogens (tertiary/aromatic N) is 3. The lowest BCUT2D eigenvalue weighted by atomic mass is 9.75. The van der Waals surface area contributed by atoms with Crippen LogP contribution in [0.15, 0.2) is 0 Å². The second-order valence-electron chi connectivity index (χ2n) is 6.57. The van der Waals surface area contributed by atoms with Crippen LogP contribution < -0.4 is 5.32 Å². The molecule has 0 amide bonds. The molecule has 0 aliphatic carbocycles. The second-order valence-corrected chi connectivity index (χ2v) is 6.57. The highest BCUT2D eigenvalue weighted by Gasteiger charge is 2.47. The zero-order chi connectivity index (χ0) is 15.3. The summed E-state index contributed by atoms with van der Waals surface area (Å²) < 4.78 is 40.9. The zero-order valence-electron chi connectivity index (χ0n) is 12.4. The minimum atomic E-state index is -4.14. The van der Waals surface area contributed by atoms with E-state index in [1.807, 2.05) is 0 Å². The Bertz CT molecular complexity index is 515. The Kier molecular flexibility index (Phi) is 3.50. The van der Waals surface area contributed by atoms with Gasteiger partial charge in [-0.05, 0) is 25.3 Å². The van der Waals surface area contributed by atoms with Crippen molar-refractivity contribution in [2.45, 2.75) is 51.2 Å². The van der Waals surface area contributed by atoms with Crippen LogP contribution in [0.2, 0.25) is 0 Å². The average Bonchev–Trinajstić information content (AvgIpc) is 3.03. The van der Waals surface area contributed by atoms with Crippen LogP contribution in [-0.2, 0) is 18.4 Å². The highest BCUT2D eigenvalue weighted by atomic mass is 19.4. The van der Waals surface area contributed by atoms with Gasteiger partial charge in [-0.1, -0.05) is 13.8 Å². The van der Waals surface area contributed by atoms with E-state index in [2.05, 4.69) is 29.4 Å². The Morgan fingerprint density at radius 1 is 1.33 bits per heavy atom. The molecule has 2 aliphatic rings. The second kappa shape index (κ2) is 4.97. The summed E-state index contributed by atoms with van der Waals surface area (Å²) in [6.45, 7) is 5.83. The fraction of sp³-hybridized carbons (Fsp3) is 0.857. The number of halogens is 3. The van der Waals surface area contributed by atoms with Crippen molar-refractivity contribution in [2.24, 2.45) is 11.8 Å². The van der Waals surface area contributed by atoms with Gasteiger partial charge in [-0.2, -0.15) is 13.2 Å². The third kappa shape index (κ3) is 2.35. The first-order valence-corrected chi connectivity index (χ1v) is 7.54. The Hall–Kier alpha value is -1.11. The van der Waals surface area contributed by atoms with Gasteiger partial charge < -0.3 is 9.88 Å². The number of aromatic nitrogens is 3. The van der Waals surface area contributed by atoms with Crippen molar-refractivity contribution in [1.29, 1.82) is 0 Å². The molecule has 7 heteroatoms. The van der Waals surface area contributed by atoms with Gasteiger partial charge in [-0.3, -0.25) is 0 Å². The number of hydrogen-bond donors (Lipinski definition) is 1. The SMILES string of the molecule is CC(C)C1(c2nnc3n2CC(C(F)(F)F)CC3)CCNC1. The minimum absolute atomic E-state index is 0.0321. The largest absolute Gasteiger partial charge is 0.393 e. The first kappa shape index (κ1) is 14.8. The van der Waals surface area contributed by atoms with Crippen molar-refractivity contribution in [3.63, 3.8) is 0 Å². The molecular formula is C14H21F3N4. The summed E-state index contributed by atoms with van der Waals surface area (Å²) >= 11 is 0. The van der Waals surface area contributed by atoms with Gasteiger partial charge in [0.2, 0.25) is 0 Å². The quantitative estimate of drug-likeness (QED) is 0.911. The maximum Gasteiger partial charge on any atom is 0.393 e. The maximum atomic E-state index is 13.0. The van der Waals surface area contributed by atoms with Crippen LogP contribution in [-0.4, -0.2) is 34.0 Å². The third-order valence-corrected chi connectivity index (χ3v) is 5.15. The average molecular weight is 302 g/mol. The lowest BCUT2D eigenvalue weighted by Gasteiger charge is -2.34. The number of aryl methyl sites for hydroxylation is 1. The van der Waals surface area contributed by atoms with Crippen LogP contribution in [0.3, 0.4) is 0 Å². The summed E-state index contributed by atoms with van der Waals surface area (Å²) in [6.07, 6.45) is -2.76. The molecule has 1 fully saturated rings. The van der Waals surface area contributed by atoms with Crippen molar-refractivity contribution in [2.75, 3.05) is 13.1 Å². The molecule has 0 spiro atoms. The van der Waals surface area contributed by atoms with Crippen LogP contribution >= 0.6 is 0 Å². The highest BCUT2D eigenvalue weighted by molar-refractivity contribution is 5.17.